The van der Waals surface area contributed by atoms with Crippen molar-refractivity contribution >= 4 is 39.5 Å². The largest absolute Gasteiger partial charge is 0.472 e. The van der Waals surface area contributed by atoms with Crippen LogP contribution in [0.1, 0.15) is 337 Å². The third-order valence-electron chi connectivity index (χ3n) is 15.8. The zero-order valence-electron chi connectivity index (χ0n) is 55.6. The molecule has 0 radical (unpaired) electrons. The first-order chi connectivity index (χ1) is 41.4. The highest BCUT2D eigenvalue weighted by Gasteiger charge is 2.30. The van der Waals surface area contributed by atoms with Gasteiger partial charge in [-0.3, -0.25) is 37.3 Å². The van der Waals surface area contributed by atoms with Crippen LogP contribution in [0.15, 0.2) is 0 Å². The first-order valence-corrected chi connectivity index (χ1v) is 38.0. The Morgan fingerprint density at radius 2 is 0.593 bits per heavy atom. The highest BCUT2D eigenvalue weighted by Crippen LogP contribution is 2.45. The standard InChI is InChI=1S/C67H130O17P2/c1-7-10-12-14-16-23-31-37-43-49-64(69)77-55-62(83-66(71)51-45-39-33-24-17-15-13-11-8-2)57-81-85(73,74)79-53-61(68)54-80-86(75,76)82-58-63(84-67(72)52-46-40-34-28-20-18-19-25-29-35-41-47-59(4)5)56-78-65(70)50-44-38-32-27-22-21-26-30-36-42-48-60(6)9-3/h59-63,68H,7-58H2,1-6H3,(H,73,74)(H,75,76)/t60?,61-,62+,63+/m0/s1. The van der Waals surface area contributed by atoms with Crippen LogP contribution in [0, 0.1) is 11.8 Å². The van der Waals surface area contributed by atoms with E-state index in [1.807, 2.05) is 0 Å². The van der Waals surface area contributed by atoms with Gasteiger partial charge >= 0.3 is 39.5 Å². The molecule has 86 heavy (non-hydrogen) atoms. The molecule has 0 aliphatic heterocycles. The van der Waals surface area contributed by atoms with Crippen LogP contribution in [-0.2, 0) is 65.4 Å². The number of aliphatic hydroxyl groups excluding tert-OH is 1. The lowest BCUT2D eigenvalue weighted by atomic mass is 9.99. The van der Waals surface area contributed by atoms with Gasteiger partial charge in [-0.05, 0) is 37.5 Å². The quantitative estimate of drug-likeness (QED) is 0.0222. The van der Waals surface area contributed by atoms with Crippen LogP contribution in [0.5, 0.6) is 0 Å². The van der Waals surface area contributed by atoms with Gasteiger partial charge in [-0.1, -0.05) is 286 Å². The second kappa shape index (κ2) is 59.4. The molecule has 0 aliphatic carbocycles. The zero-order valence-corrected chi connectivity index (χ0v) is 57.4. The van der Waals surface area contributed by atoms with Crippen molar-refractivity contribution in [2.75, 3.05) is 39.6 Å². The number of unbranched alkanes of at least 4 members (excludes halogenated alkanes) is 35. The van der Waals surface area contributed by atoms with E-state index in [-0.39, 0.29) is 25.7 Å². The van der Waals surface area contributed by atoms with Crippen LogP contribution in [-0.4, -0.2) is 96.7 Å². The van der Waals surface area contributed by atoms with Crippen molar-refractivity contribution in [3.8, 4) is 0 Å². The number of hydrogen-bond acceptors (Lipinski definition) is 15. The Morgan fingerprint density at radius 3 is 0.884 bits per heavy atom. The molecule has 0 rings (SSSR count). The normalized spacial score (nSPS) is 14.5. The summed E-state index contributed by atoms with van der Waals surface area (Å²) < 4.78 is 68.1. The molecule has 0 aromatic carbocycles. The molecule has 19 heteroatoms. The summed E-state index contributed by atoms with van der Waals surface area (Å²) in [6.07, 6.45) is 42.9. The fourth-order valence-electron chi connectivity index (χ4n) is 10.0. The van der Waals surface area contributed by atoms with Crippen LogP contribution in [0.25, 0.3) is 0 Å². The number of carbonyl (C=O) groups is 4. The van der Waals surface area contributed by atoms with Gasteiger partial charge in [0.15, 0.2) is 12.2 Å². The van der Waals surface area contributed by atoms with E-state index in [4.69, 9.17) is 37.0 Å². The second-order valence-electron chi connectivity index (χ2n) is 24.9. The van der Waals surface area contributed by atoms with Crippen molar-refractivity contribution in [1.82, 2.24) is 0 Å². The fourth-order valence-corrected chi connectivity index (χ4v) is 11.6. The molecular formula is C67H130O17P2. The zero-order chi connectivity index (χ0) is 63.6. The van der Waals surface area contributed by atoms with Crippen molar-refractivity contribution in [3.05, 3.63) is 0 Å². The van der Waals surface area contributed by atoms with Gasteiger partial charge in [-0.15, -0.1) is 0 Å². The summed E-state index contributed by atoms with van der Waals surface area (Å²) in [7, 11) is -9.89. The Bertz CT molecular complexity index is 1690. The summed E-state index contributed by atoms with van der Waals surface area (Å²) in [6.45, 7) is 9.52. The van der Waals surface area contributed by atoms with E-state index < -0.39 is 97.5 Å². The molecule has 0 spiro atoms. The molecule has 0 aromatic rings. The van der Waals surface area contributed by atoms with E-state index >= 15 is 0 Å². The van der Waals surface area contributed by atoms with Gasteiger partial charge in [-0.25, -0.2) is 9.13 Å². The molecule has 0 fully saturated rings. The van der Waals surface area contributed by atoms with Gasteiger partial charge in [0.2, 0.25) is 0 Å². The molecule has 0 amide bonds. The molecule has 0 aliphatic rings. The Hall–Kier alpha value is -1.94. The fraction of sp³-hybridized carbons (Fsp3) is 0.940. The third kappa shape index (κ3) is 59.7. The molecule has 0 heterocycles. The van der Waals surface area contributed by atoms with Crippen LogP contribution < -0.4 is 0 Å². The first-order valence-electron chi connectivity index (χ1n) is 35.0. The minimum absolute atomic E-state index is 0.106. The minimum atomic E-state index is -4.95. The predicted octanol–water partition coefficient (Wildman–Crippen LogP) is 18.8. The molecule has 17 nitrogen and oxygen atoms in total. The minimum Gasteiger partial charge on any atom is -0.462 e. The van der Waals surface area contributed by atoms with E-state index in [1.165, 1.54) is 154 Å². The summed E-state index contributed by atoms with van der Waals surface area (Å²) in [5, 5.41) is 10.6. The van der Waals surface area contributed by atoms with Crippen LogP contribution in [0.3, 0.4) is 0 Å². The number of esters is 4. The third-order valence-corrected chi connectivity index (χ3v) is 17.7. The van der Waals surface area contributed by atoms with Crippen molar-refractivity contribution in [3.63, 3.8) is 0 Å². The Kier molecular flexibility index (Phi) is 58.0. The Balaban J connectivity index is 5.23. The van der Waals surface area contributed by atoms with Crippen molar-refractivity contribution < 1.29 is 80.2 Å². The SMILES string of the molecule is CCCCCCCCCCCC(=O)OC[C@H](COP(=O)(O)OC[C@H](O)COP(=O)(O)OC[C@@H](COC(=O)CCCCCCCCCCCCC(C)CC)OC(=O)CCCCCCCCCCCCCC(C)C)OC(=O)CCCCCCCCCCC. The first kappa shape index (κ1) is 84.1. The van der Waals surface area contributed by atoms with E-state index in [9.17, 15) is 43.2 Å². The van der Waals surface area contributed by atoms with Crippen molar-refractivity contribution in [1.29, 1.82) is 0 Å². The van der Waals surface area contributed by atoms with E-state index in [0.717, 1.165) is 102 Å². The number of phosphoric acid groups is 2. The highest BCUT2D eigenvalue weighted by atomic mass is 31.2. The molecular weight excluding hydrogens is 1140 g/mol. The average Bonchev–Trinajstić information content (AvgIpc) is 3.57. The summed E-state index contributed by atoms with van der Waals surface area (Å²) >= 11 is 0. The van der Waals surface area contributed by atoms with Gasteiger partial charge in [0.25, 0.3) is 0 Å². The summed E-state index contributed by atoms with van der Waals surface area (Å²) in [5.74, 6) is -0.555. The molecule has 0 saturated carbocycles. The lowest BCUT2D eigenvalue weighted by molar-refractivity contribution is -0.161. The van der Waals surface area contributed by atoms with Crippen molar-refractivity contribution in [2.45, 2.75) is 355 Å². The van der Waals surface area contributed by atoms with Gasteiger partial charge < -0.3 is 33.8 Å². The number of aliphatic hydroxyl groups is 1. The number of rotatable bonds is 66. The van der Waals surface area contributed by atoms with Gasteiger partial charge in [-0.2, -0.15) is 0 Å². The van der Waals surface area contributed by atoms with E-state index in [1.54, 1.807) is 0 Å². The molecule has 3 N–H and O–H groups in total. The smallest absolute Gasteiger partial charge is 0.462 e. The maximum atomic E-state index is 13.0. The topological polar surface area (TPSA) is 237 Å². The molecule has 3 unspecified atom stereocenters. The predicted molar refractivity (Wildman–Crippen MR) is 345 cm³/mol. The molecule has 0 saturated heterocycles. The maximum absolute atomic E-state index is 13.0. The molecule has 6 atom stereocenters. The summed E-state index contributed by atoms with van der Waals surface area (Å²) in [6, 6.07) is 0. The highest BCUT2D eigenvalue weighted by molar-refractivity contribution is 7.47. The van der Waals surface area contributed by atoms with Crippen LogP contribution >= 0.6 is 15.6 Å². The number of hydrogen-bond donors (Lipinski definition) is 3. The Labute approximate surface area is 524 Å². The van der Waals surface area contributed by atoms with Gasteiger partial charge in [0.05, 0.1) is 26.4 Å². The Morgan fingerprint density at radius 1 is 0.337 bits per heavy atom. The lowest BCUT2D eigenvalue weighted by Crippen LogP contribution is -2.30. The summed E-state index contributed by atoms with van der Waals surface area (Å²) in [4.78, 5) is 72.3. The van der Waals surface area contributed by atoms with E-state index in [0.29, 0.717) is 25.7 Å². The summed E-state index contributed by atoms with van der Waals surface area (Å²) in [5.41, 5.74) is 0. The second-order valence-corrected chi connectivity index (χ2v) is 27.8. The maximum Gasteiger partial charge on any atom is 0.472 e. The number of carbonyl (C=O) groups excluding carboxylic acids is 4. The lowest BCUT2D eigenvalue weighted by Gasteiger charge is -2.21. The molecule has 0 bridgehead atoms. The number of phosphoric ester groups is 2. The number of ether oxygens (including phenoxy) is 4. The van der Waals surface area contributed by atoms with Crippen LogP contribution in [0.2, 0.25) is 0 Å². The van der Waals surface area contributed by atoms with Crippen LogP contribution in [0.4, 0.5) is 0 Å². The van der Waals surface area contributed by atoms with Crippen molar-refractivity contribution in [2.24, 2.45) is 11.8 Å². The average molecular weight is 1270 g/mol. The van der Waals surface area contributed by atoms with E-state index in [2.05, 4.69) is 41.5 Å². The van der Waals surface area contributed by atoms with Gasteiger partial charge in [0, 0.05) is 25.7 Å². The monoisotopic (exact) mass is 1270 g/mol. The molecule has 0 aromatic heterocycles. The molecule has 510 valence electrons. The van der Waals surface area contributed by atoms with Gasteiger partial charge in [0.1, 0.15) is 19.3 Å².